The third-order valence-electron chi connectivity index (χ3n) is 3.28. The van der Waals surface area contributed by atoms with Gasteiger partial charge < -0.3 is 14.7 Å². The van der Waals surface area contributed by atoms with Gasteiger partial charge in [0.1, 0.15) is 4.60 Å². The van der Waals surface area contributed by atoms with E-state index in [1.54, 1.807) is 19.2 Å². The molecule has 1 aliphatic rings. The van der Waals surface area contributed by atoms with Crippen LogP contribution < -0.4 is 0 Å². The first-order valence-electron chi connectivity index (χ1n) is 6.17. The lowest BCUT2D eigenvalue weighted by atomic mass is 9.94. The number of aliphatic hydroxyl groups is 1. The number of halogens is 1. The van der Waals surface area contributed by atoms with Crippen LogP contribution in [0.1, 0.15) is 23.2 Å². The third-order valence-corrected chi connectivity index (χ3v) is 3.75. The van der Waals surface area contributed by atoms with Gasteiger partial charge in [-0.1, -0.05) is 0 Å². The Balaban J connectivity index is 2.00. The van der Waals surface area contributed by atoms with E-state index in [0.29, 0.717) is 42.8 Å². The van der Waals surface area contributed by atoms with Crippen molar-refractivity contribution >= 4 is 21.8 Å². The van der Waals surface area contributed by atoms with Gasteiger partial charge in [0.25, 0.3) is 5.91 Å². The standard InChI is InChI=1S/C13H17BrN2O3/c1-16(9-13(18)4-6-19-7-5-13)12(17)10-2-3-11(14)15-8-10/h2-3,8,18H,4-7,9H2,1H3. The highest BCUT2D eigenvalue weighted by atomic mass is 79.9. The number of amides is 1. The summed E-state index contributed by atoms with van der Waals surface area (Å²) in [7, 11) is 1.69. The Bertz CT molecular complexity index is 444. The molecule has 19 heavy (non-hydrogen) atoms. The summed E-state index contributed by atoms with van der Waals surface area (Å²) in [5.41, 5.74) is -0.327. The second-order valence-corrected chi connectivity index (χ2v) is 5.68. The predicted molar refractivity (Wildman–Crippen MR) is 73.9 cm³/mol. The summed E-state index contributed by atoms with van der Waals surface area (Å²) in [5, 5.41) is 10.4. The zero-order chi connectivity index (χ0) is 13.9. The highest BCUT2D eigenvalue weighted by molar-refractivity contribution is 9.10. The van der Waals surface area contributed by atoms with E-state index in [2.05, 4.69) is 20.9 Å². The second-order valence-electron chi connectivity index (χ2n) is 4.87. The fraction of sp³-hybridized carbons (Fsp3) is 0.538. The first-order chi connectivity index (χ1) is 9.00. The highest BCUT2D eigenvalue weighted by Gasteiger charge is 2.32. The summed E-state index contributed by atoms with van der Waals surface area (Å²) < 4.78 is 5.92. The topological polar surface area (TPSA) is 62.7 Å². The number of ether oxygens (including phenoxy) is 1. The number of likely N-dealkylation sites (N-methyl/N-ethyl adjacent to an activating group) is 1. The molecule has 0 aromatic carbocycles. The minimum absolute atomic E-state index is 0.139. The average molecular weight is 329 g/mol. The Morgan fingerprint density at radius 2 is 2.21 bits per heavy atom. The molecule has 0 bridgehead atoms. The van der Waals surface area contributed by atoms with Crippen molar-refractivity contribution in [3.8, 4) is 0 Å². The van der Waals surface area contributed by atoms with Crippen LogP contribution in [0.25, 0.3) is 0 Å². The molecule has 2 rings (SSSR count). The van der Waals surface area contributed by atoms with Crippen molar-refractivity contribution in [1.82, 2.24) is 9.88 Å². The smallest absolute Gasteiger partial charge is 0.255 e. The van der Waals surface area contributed by atoms with Crippen molar-refractivity contribution in [1.29, 1.82) is 0 Å². The van der Waals surface area contributed by atoms with E-state index in [4.69, 9.17) is 4.74 Å². The van der Waals surface area contributed by atoms with E-state index in [0.717, 1.165) is 0 Å². The van der Waals surface area contributed by atoms with E-state index >= 15 is 0 Å². The number of carbonyl (C=O) groups excluding carboxylic acids is 1. The first-order valence-corrected chi connectivity index (χ1v) is 6.97. The minimum Gasteiger partial charge on any atom is -0.388 e. The number of nitrogens with zero attached hydrogens (tertiary/aromatic N) is 2. The second kappa shape index (κ2) is 5.98. The van der Waals surface area contributed by atoms with Crippen molar-refractivity contribution in [2.75, 3.05) is 26.8 Å². The molecule has 1 aromatic heterocycles. The molecule has 0 saturated carbocycles. The van der Waals surface area contributed by atoms with Gasteiger partial charge in [0.05, 0.1) is 11.2 Å². The Kier molecular flexibility index (Phi) is 4.54. The van der Waals surface area contributed by atoms with E-state index < -0.39 is 5.60 Å². The average Bonchev–Trinajstić information content (AvgIpc) is 2.39. The number of hydrogen-bond acceptors (Lipinski definition) is 4. The molecule has 0 aliphatic carbocycles. The quantitative estimate of drug-likeness (QED) is 0.853. The number of carbonyl (C=O) groups is 1. The van der Waals surface area contributed by atoms with Crippen LogP contribution in [0, 0.1) is 0 Å². The number of aromatic nitrogens is 1. The number of pyridine rings is 1. The Hall–Kier alpha value is -0.980. The van der Waals surface area contributed by atoms with Gasteiger partial charge in [0.2, 0.25) is 0 Å². The minimum atomic E-state index is -0.842. The SMILES string of the molecule is CN(CC1(O)CCOCC1)C(=O)c1ccc(Br)nc1. The fourth-order valence-corrected chi connectivity index (χ4v) is 2.38. The zero-order valence-corrected chi connectivity index (χ0v) is 12.4. The molecule has 0 unspecified atom stereocenters. The Morgan fingerprint density at radius 3 is 2.79 bits per heavy atom. The van der Waals surface area contributed by atoms with Crippen LogP contribution in [0.4, 0.5) is 0 Å². The summed E-state index contributed by atoms with van der Waals surface area (Å²) in [5.74, 6) is -0.139. The lowest BCUT2D eigenvalue weighted by Crippen LogP contribution is -2.47. The maximum Gasteiger partial charge on any atom is 0.255 e. The molecule has 104 valence electrons. The monoisotopic (exact) mass is 328 g/mol. The van der Waals surface area contributed by atoms with Gasteiger partial charge in [-0.3, -0.25) is 4.79 Å². The van der Waals surface area contributed by atoms with Gasteiger partial charge in [-0.2, -0.15) is 0 Å². The van der Waals surface area contributed by atoms with Gasteiger partial charge in [0, 0.05) is 45.8 Å². The summed E-state index contributed by atoms with van der Waals surface area (Å²) >= 11 is 3.23. The van der Waals surface area contributed by atoms with E-state index in [-0.39, 0.29) is 5.91 Å². The van der Waals surface area contributed by atoms with Crippen molar-refractivity contribution in [3.05, 3.63) is 28.5 Å². The summed E-state index contributed by atoms with van der Waals surface area (Å²) in [6.07, 6.45) is 2.64. The lowest BCUT2D eigenvalue weighted by Gasteiger charge is -2.35. The van der Waals surface area contributed by atoms with Gasteiger partial charge in [-0.25, -0.2) is 4.98 Å². The normalized spacial score (nSPS) is 18.1. The van der Waals surface area contributed by atoms with Gasteiger partial charge in [-0.15, -0.1) is 0 Å². The van der Waals surface area contributed by atoms with Gasteiger partial charge in [-0.05, 0) is 28.1 Å². The maximum absolute atomic E-state index is 12.2. The molecular weight excluding hydrogens is 312 g/mol. The van der Waals surface area contributed by atoms with E-state index in [9.17, 15) is 9.90 Å². The molecule has 2 heterocycles. The van der Waals surface area contributed by atoms with Crippen LogP contribution in [-0.2, 0) is 4.74 Å². The van der Waals surface area contributed by atoms with Crippen molar-refractivity contribution in [2.24, 2.45) is 0 Å². The summed E-state index contributed by atoms with van der Waals surface area (Å²) in [4.78, 5) is 17.8. The molecule has 1 amide bonds. The summed E-state index contributed by atoms with van der Waals surface area (Å²) in [6.45, 7) is 1.39. The highest BCUT2D eigenvalue weighted by Crippen LogP contribution is 2.22. The molecular formula is C13H17BrN2O3. The fourth-order valence-electron chi connectivity index (χ4n) is 2.15. The Morgan fingerprint density at radius 1 is 1.53 bits per heavy atom. The molecule has 1 aromatic rings. The molecule has 1 N–H and O–H groups in total. The number of hydrogen-bond donors (Lipinski definition) is 1. The lowest BCUT2D eigenvalue weighted by molar-refractivity contribution is -0.0734. The maximum atomic E-state index is 12.2. The van der Waals surface area contributed by atoms with Crippen molar-refractivity contribution in [2.45, 2.75) is 18.4 Å². The largest absolute Gasteiger partial charge is 0.388 e. The van der Waals surface area contributed by atoms with Crippen LogP contribution in [0.3, 0.4) is 0 Å². The third kappa shape index (κ3) is 3.75. The predicted octanol–water partition coefficient (Wildman–Crippen LogP) is 1.46. The molecule has 0 spiro atoms. The number of rotatable bonds is 3. The van der Waals surface area contributed by atoms with Crippen molar-refractivity contribution in [3.63, 3.8) is 0 Å². The molecule has 1 saturated heterocycles. The molecule has 5 nitrogen and oxygen atoms in total. The van der Waals surface area contributed by atoms with Crippen LogP contribution in [0.15, 0.2) is 22.9 Å². The van der Waals surface area contributed by atoms with Gasteiger partial charge in [0.15, 0.2) is 0 Å². The van der Waals surface area contributed by atoms with Crippen molar-refractivity contribution < 1.29 is 14.6 Å². The first kappa shape index (κ1) is 14.4. The zero-order valence-electron chi connectivity index (χ0n) is 10.8. The molecule has 1 fully saturated rings. The molecule has 0 radical (unpaired) electrons. The van der Waals surface area contributed by atoms with Gasteiger partial charge >= 0.3 is 0 Å². The van der Waals surface area contributed by atoms with E-state index in [1.165, 1.54) is 11.1 Å². The van der Waals surface area contributed by atoms with E-state index in [1.807, 2.05) is 0 Å². The van der Waals surface area contributed by atoms with Crippen LogP contribution in [-0.4, -0.2) is 53.3 Å². The molecule has 1 aliphatic heterocycles. The van der Waals surface area contributed by atoms with Crippen LogP contribution >= 0.6 is 15.9 Å². The Labute approximate surface area is 120 Å². The molecule has 0 atom stereocenters. The molecule has 6 heteroatoms. The van der Waals surface area contributed by atoms with Crippen LogP contribution in [0.5, 0.6) is 0 Å². The van der Waals surface area contributed by atoms with Crippen LogP contribution in [0.2, 0.25) is 0 Å². The summed E-state index contributed by atoms with van der Waals surface area (Å²) in [6, 6.07) is 3.44.